The summed E-state index contributed by atoms with van der Waals surface area (Å²) < 4.78 is 32.3. The lowest BCUT2D eigenvalue weighted by atomic mass is 9.93. The van der Waals surface area contributed by atoms with Gasteiger partial charge in [0.2, 0.25) is 15.9 Å². The minimum absolute atomic E-state index is 0.0114. The first-order valence-corrected chi connectivity index (χ1v) is 10.1. The molecule has 2 aromatic rings. The van der Waals surface area contributed by atoms with Gasteiger partial charge in [0.15, 0.2) is 0 Å². The number of carbonyl (C=O) groups excluding carboxylic acids is 1. The molecule has 0 saturated carbocycles. The molecule has 0 radical (unpaired) electrons. The second-order valence-electron chi connectivity index (χ2n) is 6.44. The van der Waals surface area contributed by atoms with E-state index in [1.807, 2.05) is 18.2 Å². The second-order valence-corrected chi connectivity index (χ2v) is 8.48. The fraction of sp³-hybridized carbons (Fsp3) is 0.333. The van der Waals surface area contributed by atoms with Crippen molar-refractivity contribution in [2.75, 3.05) is 17.7 Å². The van der Waals surface area contributed by atoms with Crippen LogP contribution in [0.5, 0.6) is 0 Å². The Morgan fingerprint density at radius 3 is 3.00 bits per heavy atom. The quantitative estimate of drug-likeness (QED) is 0.851. The van der Waals surface area contributed by atoms with Crippen LogP contribution in [0, 0.1) is 0 Å². The van der Waals surface area contributed by atoms with Gasteiger partial charge in [0.25, 0.3) is 0 Å². The third-order valence-electron chi connectivity index (χ3n) is 4.74. The summed E-state index contributed by atoms with van der Waals surface area (Å²) in [6.45, 7) is 2.27. The molecule has 0 aliphatic carbocycles. The summed E-state index contributed by atoms with van der Waals surface area (Å²) in [7, 11) is -3.36. The summed E-state index contributed by atoms with van der Waals surface area (Å²) >= 11 is 0. The van der Waals surface area contributed by atoms with Gasteiger partial charge in [0, 0.05) is 23.6 Å². The number of pyridine rings is 1. The average Bonchev–Trinajstić information content (AvgIpc) is 3.00. The number of nitrogens with one attached hydrogen (secondary N) is 2. The highest BCUT2D eigenvalue weighted by Gasteiger charge is 2.27. The van der Waals surface area contributed by atoms with Crippen molar-refractivity contribution in [2.24, 2.45) is 0 Å². The lowest BCUT2D eigenvalue weighted by Gasteiger charge is -2.27. The minimum atomic E-state index is -3.36. The van der Waals surface area contributed by atoms with Crippen molar-refractivity contribution < 1.29 is 17.9 Å². The number of benzene rings is 1. The van der Waals surface area contributed by atoms with Crippen LogP contribution >= 0.6 is 0 Å². The van der Waals surface area contributed by atoms with Crippen LogP contribution < -0.4 is 10.0 Å². The van der Waals surface area contributed by atoms with E-state index >= 15 is 0 Å². The lowest BCUT2D eigenvalue weighted by molar-refractivity contribution is -0.115. The first-order valence-electron chi connectivity index (χ1n) is 8.44. The van der Waals surface area contributed by atoms with Gasteiger partial charge in [-0.2, -0.15) is 0 Å². The summed E-state index contributed by atoms with van der Waals surface area (Å²) in [6, 6.07) is 5.34. The molecular formula is C18H19N3O4S. The van der Waals surface area contributed by atoms with Gasteiger partial charge in [-0.15, -0.1) is 0 Å². The third-order valence-corrected chi connectivity index (χ3v) is 6.14. The molecule has 0 spiro atoms. The Labute approximate surface area is 151 Å². The van der Waals surface area contributed by atoms with Gasteiger partial charge in [-0.05, 0) is 41.3 Å². The molecule has 2 N–H and O–H groups in total. The van der Waals surface area contributed by atoms with E-state index in [1.165, 1.54) is 0 Å². The number of carbonyl (C=O) groups is 1. The number of hydrogen-bond acceptors (Lipinski definition) is 5. The first kappa shape index (κ1) is 17.1. The van der Waals surface area contributed by atoms with Gasteiger partial charge in [-0.1, -0.05) is 6.07 Å². The van der Waals surface area contributed by atoms with Crippen molar-refractivity contribution in [1.29, 1.82) is 0 Å². The average molecular weight is 373 g/mol. The standard InChI is InChI=1S/C18H19N3O4S/c1-2-26(23,24)21-17-10-25-9-15-13(7-19-8-14(15)17)11-3-4-16-12(5-11)6-18(22)20-16/h3-5,7-8,17,21H,2,6,9-10H2,1H3,(H,20,22). The van der Waals surface area contributed by atoms with Crippen LogP contribution in [0.2, 0.25) is 0 Å². The van der Waals surface area contributed by atoms with Crippen molar-refractivity contribution in [3.63, 3.8) is 0 Å². The molecule has 0 bridgehead atoms. The van der Waals surface area contributed by atoms with E-state index in [0.29, 0.717) is 13.0 Å². The normalized spacial score (nSPS) is 19.0. The van der Waals surface area contributed by atoms with Crippen LogP contribution in [-0.2, 0) is 32.6 Å². The molecule has 0 saturated heterocycles. The first-order chi connectivity index (χ1) is 12.5. The molecule has 3 heterocycles. The SMILES string of the molecule is CCS(=O)(=O)NC1COCc2c(-c3ccc4c(c3)CC(=O)N4)cncc21. The van der Waals surface area contributed by atoms with Crippen molar-refractivity contribution in [1.82, 2.24) is 9.71 Å². The molecule has 1 aromatic carbocycles. The van der Waals surface area contributed by atoms with E-state index in [9.17, 15) is 13.2 Å². The maximum atomic E-state index is 12.0. The number of ether oxygens (including phenoxy) is 1. The Bertz CT molecular complexity index is 988. The fourth-order valence-electron chi connectivity index (χ4n) is 3.38. The number of hydrogen-bond donors (Lipinski definition) is 2. The van der Waals surface area contributed by atoms with Gasteiger partial charge >= 0.3 is 0 Å². The van der Waals surface area contributed by atoms with Crippen molar-refractivity contribution >= 4 is 21.6 Å². The molecular weight excluding hydrogens is 354 g/mol. The molecule has 2 aliphatic rings. The fourth-order valence-corrected chi connectivity index (χ4v) is 4.17. The van der Waals surface area contributed by atoms with Crippen molar-refractivity contribution in [3.05, 3.63) is 47.3 Å². The Kier molecular flexibility index (Phi) is 4.26. The Balaban J connectivity index is 1.74. The van der Waals surface area contributed by atoms with E-state index in [-0.39, 0.29) is 18.3 Å². The van der Waals surface area contributed by atoms with Crippen LogP contribution in [0.15, 0.2) is 30.6 Å². The molecule has 4 rings (SSSR count). The summed E-state index contributed by atoms with van der Waals surface area (Å²) in [4.78, 5) is 15.9. The zero-order valence-corrected chi connectivity index (χ0v) is 15.1. The number of nitrogens with zero attached hydrogens (tertiary/aromatic N) is 1. The number of rotatable bonds is 4. The highest BCUT2D eigenvalue weighted by atomic mass is 32.2. The Morgan fingerprint density at radius 1 is 1.35 bits per heavy atom. The molecule has 0 fully saturated rings. The predicted molar refractivity (Wildman–Crippen MR) is 97.0 cm³/mol. The molecule has 1 aromatic heterocycles. The molecule has 1 unspecified atom stereocenters. The van der Waals surface area contributed by atoms with E-state index in [1.54, 1.807) is 19.3 Å². The topological polar surface area (TPSA) is 97.4 Å². The zero-order chi connectivity index (χ0) is 18.3. The molecule has 1 amide bonds. The molecule has 1 atom stereocenters. The van der Waals surface area contributed by atoms with E-state index in [4.69, 9.17) is 4.74 Å². The number of anilines is 1. The van der Waals surface area contributed by atoms with Crippen LogP contribution in [0.1, 0.15) is 29.7 Å². The van der Waals surface area contributed by atoms with Gasteiger partial charge in [0.1, 0.15) is 0 Å². The number of amides is 1. The monoisotopic (exact) mass is 373 g/mol. The number of aromatic nitrogens is 1. The maximum absolute atomic E-state index is 12.0. The lowest BCUT2D eigenvalue weighted by Crippen LogP contribution is -2.35. The van der Waals surface area contributed by atoms with Gasteiger partial charge in [-0.3, -0.25) is 9.78 Å². The molecule has 2 aliphatic heterocycles. The number of sulfonamides is 1. The van der Waals surface area contributed by atoms with Crippen molar-refractivity contribution in [3.8, 4) is 11.1 Å². The maximum Gasteiger partial charge on any atom is 0.228 e. The highest BCUT2D eigenvalue weighted by Crippen LogP contribution is 2.35. The smallest absolute Gasteiger partial charge is 0.228 e. The second kappa shape index (κ2) is 6.46. The van der Waals surface area contributed by atoms with Crippen molar-refractivity contribution in [2.45, 2.75) is 26.0 Å². The third kappa shape index (κ3) is 3.11. The Hall–Kier alpha value is -2.29. The van der Waals surface area contributed by atoms with Crippen LogP contribution in [0.4, 0.5) is 5.69 Å². The number of fused-ring (bicyclic) bond motifs is 2. The predicted octanol–water partition coefficient (Wildman–Crippen LogP) is 1.75. The van der Waals surface area contributed by atoms with E-state index < -0.39 is 16.1 Å². The van der Waals surface area contributed by atoms with Gasteiger partial charge in [0.05, 0.1) is 31.4 Å². The van der Waals surface area contributed by atoms with Gasteiger partial charge < -0.3 is 10.1 Å². The molecule has 7 nitrogen and oxygen atoms in total. The highest BCUT2D eigenvalue weighted by molar-refractivity contribution is 7.89. The minimum Gasteiger partial charge on any atom is -0.375 e. The molecule has 8 heteroatoms. The van der Waals surface area contributed by atoms with Gasteiger partial charge in [-0.25, -0.2) is 13.1 Å². The molecule has 136 valence electrons. The summed E-state index contributed by atoms with van der Waals surface area (Å²) in [5.74, 6) is 0.000353. The summed E-state index contributed by atoms with van der Waals surface area (Å²) in [5.41, 5.74) is 5.37. The molecule has 26 heavy (non-hydrogen) atoms. The van der Waals surface area contributed by atoms with Crippen LogP contribution in [0.3, 0.4) is 0 Å². The largest absolute Gasteiger partial charge is 0.375 e. The zero-order valence-electron chi connectivity index (χ0n) is 14.3. The van der Waals surface area contributed by atoms with Crippen LogP contribution in [0.25, 0.3) is 11.1 Å². The van der Waals surface area contributed by atoms with Crippen LogP contribution in [-0.4, -0.2) is 31.7 Å². The summed E-state index contributed by atoms with van der Waals surface area (Å²) in [6.07, 6.45) is 3.81. The van der Waals surface area contributed by atoms with E-state index in [2.05, 4.69) is 15.0 Å². The Morgan fingerprint density at radius 2 is 2.19 bits per heavy atom. The summed E-state index contributed by atoms with van der Waals surface area (Å²) in [5, 5.41) is 2.82. The van der Waals surface area contributed by atoms with E-state index in [0.717, 1.165) is 33.5 Å².